The molecule has 19 heavy (non-hydrogen) atoms. The molecule has 0 radical (unpaired) electrons. The summed E-state index contributed by atoms with van der Waals surface area (Å²) in [6.07, 6.45) is 4.52. The molecule has 0 aromatic carbocycles. The van der Waals surface area contributed by atoms with E-state index in [0.717, 1.165) is 32.5 Å². The van der Waals surface area contributed by atoms with Crippen LogP contribution < -0.4 is 0 Å². The van der Waals surface area contributed by atoms with Gasteiger partial charge in [-0.3, -0.25) is 4.90 Å². The lowest BCUT2D eigenvalue weighted by Crippen LogP contribution is -2.67. The number of hydrogen-bond acceptors (Lipinski definition) is 3. The van der Waals surface area contributed by atoms with Crippen molar-refractivity contribution >= 4 is 0 Å². The summed E-state index contributed by atoms with van der Waals surface area (Å²) in [6.45, 7) is 11.7. The first-order chi connectivity index (χ1) is 8.58. The number of likely N-dealkylation sites (tertiary alicyclic amines) is 2. The zero-order valence-electron chi connectivity index (χ0n) is 13.5. The number of allylic oxidation sites excluding steroid dienone is 1. The van der Waals surface area contributed by atoms with E-state index < -0.39 is 5.60 Å². The van der Waals surface area contributed by atoms with Gasteiger partial charge in [0.2, 0.25) is 0 Å². The molecule has 0 atom stereocenters. The number of rotatable bonds is 3. The Morgan fingerprint density at radius 2 is 1.84 bits per heavy atom. The predicted molar refractivity (Wildman–Crippen MR) is 80.3 cm³/mol. The van der Waals surface area contributed by atoms with E-state index in [1.807, 2.05) is 0 Å². The molecule has 0 aromatic heterocycles. The van der Waals surface area contributed by atoms with Crippen molar-refractivity contribution in [2.75, 3.05) is 33.7 Å². The molecule has 3 heteroatoms. The van der Waals surface area contributed by atoms with Crippen molar-refractivity contribution in [3.8, 4) is 0 Å². The van der Waals surface area contributed by atoms with Crippen LogP contribution in [0.2, 0.25) is 0 Å². The molecule has 110 valence electrons. The highest BCUT2D eigenvalue weighted by Crippen LogP contribution is 2.42. The van der Waals surface area contributed by atoms with Gasteiger partial charge >= 0.3 is 0 Å². The molecule has 0 aliphatic carbocycles. The molecule has 0 unspecified atom stereocenters. The van der Waals surface area contributed by atoms with Gasteiger partial charge in [0.25, 0.3) is 0 Å². The maximum atomic E-state index is 10.7. The predicted octanol–water partition coefficient (Wildman–Crippen LogP) is 2.12. The third-order valence-corrected chi connectivity index (χ3v) is 5.64. The van der Waals surface area contributed by atoms with E-state index in [1.54, 1.807) is 0 Å². The Kier molecular flexibility index (Phi) is 3.62. The highest BCUT2D eigenvalue weighted by Gasteiger charge is 2.50. The summed E-state index contributed by atoms with van der Waals surface area (Å²) in [5.41, 5.74) is 1.13. The van der Waals surface area contributed by atoms with Gasteiger partial charge in [0.1, 0.15) is 0 Å². The molecule has 0 amide bonds. The molecular weight excluding hydrogens is 236 g/mol. The van der Waals surface area contributed by atoms with Gasteiger partial charge in [-0.2, -0.15) is 0 Å². The number of nitrogens with zero attached hydrogens (tertiary/aromatic N) is 2. The number of likely N-dealkylation sites (N-methyl/N-ethyl adjacent to an activating group) is 2. The van der Waals surface area contributed by atoms with E-state index in [0.29, 0.717) is 0 Å². The summed E-state index contributed by atoms with van der Waals surface area (Å²) in [4.78, 5) is 4.60. The Morgan fingerprint density at radius 1 is 1.26 bits per heavy atom. The zero-order valence-corrected chi connectivity index (χ0v) is 13.5. The third kappa shape index (κ3) is 2.48. The molecule has 3 nitrogen and oxygen atoms in total. The van der Waals surface area contributed by atoms with E-state index in [4.69, 9.17) is 0 Å². The maximum Gasteiger partial charge on any atom is 0.0953 e. The summed E-state index contributed by atoms with van der Waals surface area (Å²) in [5.74, 6) is 0. The van der Waals surface area contributed by atoms with Crippen LogP contribution in [0.5, 0.6) is 0 Å². The Balaban J connectivity index is 2.06. The van der Waals surface area contributed by atoms with Crippen LogP contribution in [0.1, 0.15) is 40.5 Å². The molecular formula is C16H30N2O. The van der Waals surface area contributed by atoms with Crippen LogP contribution in [0.15, 0.2) is 11.6 Å². The minimum Gasteiger partial charge on any atom is -0.387 e. The number of aliphatic hydroxyl groups is 1. The van der Waals surface area contributed by atoms with Crippen molar-refractivity contribution < 1.29 is 5.11 Å². The van der Waals surface area contributed by atoms with Gasteiger partial charge in [-0.1, -0.05) is 25.5 Å². The van der Waals surface area contributed by atoms with Gasteiger partial charge in [-0.25, -0.2) is 0 Å². The SMILES string of the molecule is CN1CC(O)(C(C)(C)C/C=C2/CCN(C)C2(C)C)C1. The first kappa shape index (κ1) is 15.0. The van der Waals surface area contributed by atoms with Gasteiger partial charge in [-0.15, -0.1) is 0 Å². The smallest absolute Gasteiger partial charge is 0.0953 e. The molecule has 2 saturated heterocycles. The lowest BCUT2D eigenvalue weighted by Gasteiger charge is -2.53. The lowest BCUT2D eigenvalue weighted by molar-refractivity contribution is -0.159. The third-order valence-electron chi connectivity index (χ3n) is 5.64. The quantitative estimate of drug-likeness (QED) is 0.793. The summed E-state index contributed by atoms with van der Waals surface area (Å²) >= 11 is 0. The fraction of sp³-hybridized carbons (Fsp3) is 0.875. The van der Waals surface area contributed by atoms with E-state index in [2.05, 4.69) is 57.7 Å². The van der Waals surface area contributed by atoms with Gasteiger partial charge in [0.15, 0.2) is 0 Å². The first-order valence-corrected chi connectivity index (χ1v) is 7.40. The average molecular weight is 266 g/mol. The normalized spacial score (nSPS) is 29.7. The lowest BCUT2D eigenvalue weighted by atomic mass is 9.68. The van der Waals surface area contributed by atoms with Gasteiger partial charge in [0, 0.05) is 25.2 Å². The second-order valence-corrected chi connectivity index (χ2v) is 7.75. The molecule has 2 rings (SSSR count). The Labute approximate surface area is 118 Å². The molecule has 0 saturated carbocycles. The molecule has 1 N–H and O–H groups in total. The van der Waals surface area contributed by atoms with Crippen LogP contribution in [0.3, 0.4) is 0 Å². The molecule has 2 fully saturated rings. The van der Waals surface area contributed by atoms with Gasteiger partial charge < -0.3 is 10.0 Å². The molecule has 0 spiro atoms. The Hall–Kier alpha value is -0.380. The van der Waals surface area contributed by atoms with Gasteiger partial charge in [0.05, 0.1) is 5.60 Å². The fourth-order valence-corrected chi connectivity index (χ4v) is 3.31. The van der Waals surface area contributed by atoms with Crippen LogP contribution in [-0.4, -0.2) is 59.8 Å². The zero-order chi connectivity index (χ0) is 14.5. The van der Waals surface area contributed by atoms with Crippen LogP contribution in [-0.2, 0) is 0 Å². The average Bonchev–Trinajstić information content (AvgIpc) is 2.49. The van der Waals surface area contributed by atoms with Gasteiger partial charge in [-0.05, 0) is 46.2 Å². The molecule has 2 aliphatic rings. The standard InChI is InChI=1S/C16H30N2O/c1-14(2,16(19)11-17(5)12-16)9-7-13-8-10-18(6)15(13,3)4/h7,19H,8-12H2,1-6H3/b13-7-. The minimum absolute atomic E-state index is 0.0518. The Bertz CT molecular complexity index is 378. The van der Waals surface area contributed by atoms with Crippen LogP contribution >= 0.6 is 0 Å². The van der Waals surface area contributed by atoms with E-state index >= 15 is 0 Å². The van der Waals surface area contributed by atoms with Crippen molar-refractivity contribution in [2.24, 2.45) is 5.41 Å². The van der Waals surface area contributed by atoms with E-state index in [-0.39, 0.29) is 11.0 Å². The molecule has 2 heterocycles. The molecule has 0 aromatic rings. The maximum absolute atomic E-state index is 10.7. The highest BCUT2D eigenvalue weighted by atomic mass is 16.3. The second-order valence-electron chi connectivity index (χ2n) is 7.75. The summed E-state index contributed by atoms with van der Waals surface area (Å²) in [5, 5.41) is 10.7. The summed E-state index contributed by atoms with van der Waals surface area (Å²) in [6, 6.07) is 0. The fourth-order valence-electron chi connectivity index (χ4n) is 3.31. The number of β-amino-alcohol motifs (C(OH)–C–C–N with tert-alkyl or cyclic N) is 1. The van der Waals surface area contributed by atoms with E-state index in [1.165, 1.54) is 5.57 Å². The molecule has 0 bridgehead atoms. The number of hydrogen-bond donors (Lipinski definition) is 1. The summed E-state index contributed by atoms with van der Waals surface area (Å²) in [7, 11) is 4.26. The second kappa shape index (κ2) is 4.57. The van der Waals surface area contributed by atoms with Crippen LogP contribution in [0.4, 0.5) is 0 Å². The van der Waals surface area contributed by atoms with Crippen LogP contribution in [0, 0.1) is 5.41 Å². The highest BCUT2D eigenvalue weighted by molar-refractivity contribution is 5.23. The Morgan fingerprint density at radius 3 is 2.26 bits per heavy atom. The van der Waals surface area contributed by atoms with Crippen molar-refractivity contribution in [1.29, 1.82) is 0 Å². The van der Waals surface area contributed by atoms with Crippen molar-refractivity contribution in [2.45, 2.75) is 51.7 Å². The van der Waals surface area contributed by atoms with Crippen LogP contribution in [0.25, 0.3) is 0 Å². The molecule has 2 aliphatic heterocycles. The minimum atomic E-state index is -0.520. The summed E-state index contributed by atoms with van der Waals surface area (Å²) < 4.78 is 0. The van der Waals surface area contributed by atoms with Crippen molar-refractivity contribution in [3.63, 3.8) is 0 Å². The first-order valence-electron chi connectivity index (χ1n) is 7.40. The van der Waals surface area contributed by atoms with Crippen molar-refractivity contribution in [1.82, 2.24) is 9.80 Å². The largest absolute Gasteiger partial charge is 0.387 e. The topological polar surface area (TPSA) is 26.7 Å². The monoisotopic (exact) mass is 266 g/mol. The van der Waals surface area contributed by atoms with E-state index in [9.17, 15) is 5.11 Å². The van der Waals surface area contributed by atoms with Crippen molar-refractivity contribution in [3.05, 3.63) is 11.6 Å².